The molecule has 0 nitrogen and oxygen atoms in total. The molecule has 0 N–H and O–H groups in total. The average molecular weight is 104 g/mol. The molecule has 0 heterocycles. The fraction of sp³-hybridized carbons (Fsp3) is 0. The fourth-order valence-corrected chi connectivity index (χ4v) is 0. The normalized spacial score (nSPS) is 3.00. The van der Waals surface area contributed by atoms with E-state index in [4.69, 9.17) is 0 Å². The first-order valence-electron chi connectivity index (χ1n) is 0.471. The second-order valence-corrected chi connectivity index (χ2v) is 0.561. The van der Waals surface area contributed by atoms with E-state index >= 15 is 0 Å². The summed E-state index contributed by atoms with van der Waals surface area (Å²) in [6, 6.07) is 0. The monoisotopic (exact) mass is 104 g/mol. The molecule has 0 aliphatic carbocycles. The molecule has 0 spiro atoms. The Bertz CT molecular complexity index is 79.2. The summed E-state index contributed by atoms with van der Waals surface area (Å²) >= 11 is -0.125. The van der Waals surface area contributed by atoms with E-state index in [1.165, 1.54) is 0 Å². The summed E-state index contributed by atoms with van der Waals surface area (Å²) < 4.78 is 0. The van der Waals surface area contributed by atoms with Gasteiger partial charge >= 0.3 is 25.6 Å². The van der Waals surface area contributed by atoms with Crippen LogP contribution in [0.5, 0.6) is 0 Å². The van der Waals surface area contributed by atoms with Gasteiger partial charge in [-0.1, -0.05) is 0 Å². The minimum atomic E-state index is -0.125. The topological polar surface area (TPSA) is 0 Å². The molecule has 0 radical (unpaired) electrons. The second-order valence-electron chi connectivity index (χ2n) is 0.136. The molecular formula is H3AlB2Cr. The molecule has 4 heavy (non-hydrogen) atoms. The Morgan fingerprint density at radius 1 is 1.25 bits per heavy atom. The molecule has 0 amide bonds. The van der Waals surface area contributed by atoms with Crippen molar-refractivity contribution < 1.29 is 13.6 Å². The van der Waals surface area contributed by atoms with Crippen molar-refractivity contribution in [1.29, 1.82) is 0 Å². The predicted molar refractivity (Wildman–Crippen MR) is 21.4 cm³/mol. The average Bonchev–Trinajstić information content (AvgIpc) is 0.918. The van der Waals surface area contributed by atoms with Gasteiger partial charge in [0.25, 0.3) is 0 Å². The molecule has 0 bridgehead atoms. The van der Waals surface area contributed by atoms with Crippen LogP contribution in [0.25, 0.3) is 0 Å². The van der Waals surface area contributed by atoms with E-state index in [9.17, 15) is 0 Å². The van der Waals surface area contributed by atoms with Crippen molar-refractivity contribution in [2.45, 2.75) is 0 Å². The molecule has 0 aromatic rings. The van der Waals surface area contributed by atoms with Gasteiger partial charge in [0.05, 0.1) is 0 Å². The van der Waals surface area contributed by atoms with E-state index in [1.807, 2.05) is 0 Å². The second kappa shape index (κ2) is 8.89. The molecular weight excluding hydrogens is 101 g/mol. The Kier molecular flexibility index (Phi) is 19.9. The minimum absolute atomic E-state index is 0. The van der Waals surface area contributed by atoms with Crippen LogP contribution in [0.3, 0.4) is 0 Å². The number of hydrogen-bond acceptors (Lipinski definition) is 0. The van der Waals surface area contributed by atoms with Crippen molar-refractivity contribution in [2.24, 2.45) is 0 Å². The van der Waals surface area contributed by atoms with Crippen LogP contribution < -0.4 is 0 Å². The van der Waals surface area contributed by atoms with Gasteiger partial charge in [-0.25, -0.2) is 0 Å². The summed E-state index contributed by atoms with van der Waals surface area (Å²) in [5.74, 6) is 9.38. The summed E-state index contributed by atoms with van der Waals surface area (Å²) in [5, 5.41) is 0. The molecule has 4 heteroatoms. The van der Waals surface area contributed by atoms with Crippen LogP contribution in [0.15, 0.2) is 0 Å². The van der Waals surface area contributed by atoms with Gasteiger partial charge in [-0.3, -0.25) is 0 Å². The standard InChI is InChI=1S/Al.2B.Cr.3H. The molecule has 0 unspecified atom stereocenters. The third-order valence-corrected chi connectivity index (χ3v) is 0. The fourth-order valence-electron chi connectivity index (χ4n) is 0. The Labute approximate surface area is 43.1 Å². The zero-order chi connectivity index (χ0) is 2.71. The van der Waals surface area contributed by atoms with Gasteiger partial charge in [-0.15, -0.1) is 0 Å². The maximum absolute atomic E-state index is 4.69. The van der Waals surface area contributed by atoms with Crippen molar-refractivity contribution >= 4 is 29.4 Å². The molecule has 0 rings (SSSR count). The molecule has 0 fully saturated rings. The van der Waals surface area contributed by atoms with Crippen LogP contribution in [0.2, 0.25) is 0 Å². The van der Waals surface area contributed by atoms with Crippen LogP contribution >= 0.6 is 0 Å². The third kappa shape index (κ3) is 10.8. The summed E-state index contributed by atoms with van der Waals surface area (Å²) in [6.07, 6.45) is 0. The van der Waals surface area contributed by atoms with E-state index in [2.05, 4.69) is 12.0 Å². The van der Waals surface area contributed by atoms with Gasteiger partial charge in [0.15, 0.2) is 17.4 Å². The van der Waals surface area contributed by atoms with Crippen molar-refractivity contribution in [3.8, 4) is 0 Å². The van der Waals surface area contributed by atoms with Crippen molar-refractivity contribution in [3.63, 3.8) is 0 Å². The molecule has 0 aliphatic rings. The summed E-state index contributed by atoms with van der Waals surface area (Å²) in [6.45, 7) is 0. The van der Waals surface area contributed by atoms with E-state index in [-0.39, 0.29) is 30.9 Å². The quantitative estimate of drug-likeness (QED) is 0.313. The summed E-state index contributed by atoms with van der Waals surface area (Å²) in [5.41, 5.74) is 0. The molecule has 0 saturated heterocycles. The van der Waals surface area contributed by atoms with Crippen LogP contribution in [0, 0.1) is 0 Å². The molecule has 18 valence electrons. The molecule has 0 aliphatic heterocycles. The Morgan fingerprint density at radius 2 is 1.25 bits per heavy atom. The Balaban J connectivity index is 0. The first-order valence-corrected chi connectivity index (χ1v) is 1.94. The van der Waals surface area contributed by atoms with E-state index in [1.54, 1.807) is 0 Å². The van der Waals surface area contributed by atoms with Crippen molar-refractivity contribution in [3.05, 3.63) is 0 Å². The van der Waals surface area contributed by atoms with Crippen LogP contribution in [-0.4, -0.2) is 29.4 Å². The summed E-state index contributed by atoms with van der Waals surface area (Å²) in [7, 11) is 0. The van der Waals surface area contributed by atoms with Gasteiger partial charge in [-0.05, 0) is 0 Å². The van der Waals surface area contributed by atoms with E-state index in [0.717, 1.165) is 0 Å². The van der Waals surface area contributed by atoms with Crippen LogP contribution in [0.1, 0.15) is 0 Å². The van der Waals surface area contributed by atoms with Gasteiger partial charge in [0.2, 0.25) is 0 Å². The molecule has 0 saturated carbocycles. The Morgan fingerprint density at radius 3 is 1.25 bits per heavy atom. The predicted octanol–water partition coefficient (Wildman–Crippen LogP) is -1.95. The molecule has 0 atom stereocenters. The third-order valence-electron chi connectivity index (χ3n) is 0. The number of hydrogen-bond donors (Lipinski definition) is 0. The van der Waals surface area contributed by atoms with Crippen molar-refractivity contribution in [1.82, 2.24) is 0 Å². The van der Waals surface area contributed by atoms with Crippen LogP contribution in [-0.2, 0) is 13.6 Å². The van der Waals surface area contributed by atoms with Gasteiger partial charge < -0.3 is 0 Å². The van der Waals surface area contributed by atoms with E-state index in [0.29, 0.717) is 0 Å². The van der Waals surface area contributed by atoms with Gasteiger partial charge in [-0.2, -0.15) is 0 Å². The van der Waals surface area contributed by atoms with Gasteiger partial charge in [0, 0.05) is 0 Å². The zero-order valence-corrected chi connectivity index (χ0v) is 2.84. The van der Waals surface area contributed by atoms with E-state index < -0.39 is 0 Å². The van der Waals surface area contributed by atoms with Gasteiger partial charge in [0.1, 0.15) is 0 Å². The Hall–Kier alpha value is 1.19. The number of rotatable bonds is 0. The summed E-state index contributed by atoms with van der Waals surface area (Å²) in [4.78, 5) is 0. The SMILES string of the molecule is [AlH3].[B]#[Cr]#[B]. The molecule has 0 aromatic heterocycles. The first kappa shape index (κ1) is 8.96. The molecule has 0 aromatic carbocycles. The van der Waals surface area contributed by atoms with Crippen molar-refractivity contribution in [2.75, 3.05) is 0 Å². The maximum atomic E-state index is 4.69. The zero-order valence-electron chi connectivity index (χ0n) is 1.56. The van der Waals surface area contributed by atoms with Crippen LogP contribution in [0.4, 0.5) is 0 Å². The first-order chi connectivity index (χ1) is 1.41.